The van der Waals surface area contributed by atoms with Gasteiger partial charge in [0.15, 0.2) is 0 Å². The van der Waals surface area contributed by atoms with Crippen molar-refractivity contribution in [3.05, 3.63) is 64.7 Å². The number of rotatable bonds is 3. The van der Waals surface area contributed by atoms with Gasteiger partial charge in [-0.3, -0.25) is 14.9 Å². The minimum Gasteiger partial charge on any atom is -0.497 e. The number of pyridine rings is 1. The van der Waals surface area contributed by atoms with Crippen LogP contribution in [0.3, 0.4) is 0 Å². The summed E-state index contributed by atoms with van der Waals surface area (Å²) in [4.78, 5) is 43.5. The van der Waals surface area contributed by atoms with Crippen molar-refractivity contribution < 1.29 is 19.1 Å². The molecule has 4 amide bonds. The highest BCUT2D eigenvalue weighted by Gasteiger charge is 2.48. The summed E-state index contributed by atoms with van der Waals surface area (Å²) in [6.07, 6.45) is 0. The third-order valence-electron chi connectivity index (χ3n) is 5.95. The molecule has 10 heteroatoms. The van der Waals surface area contributed by atoms with Crippen LogP contribution in [-0.2, 0) is 11.3 Å². The first-order chi connectivity index (χ1) is 16.8. The third kappa shape index (κ3) is 3.73. The Bertz CT molecular complexity index is 1550. The van der Waals surface area contributed by atoms with Gasteiger partial charge in [-0.05, 0) is 42.0 Å². The Kier molecular flexibility index (Phi) is 5.00. The highest BCUT2D eigenvalue weighted by atomic mass is 16.5. The summed E-state index contributed by atoms with van der Waals surface area (Å²) >= 11 is 0. The van der Waals surface area contributed by atoms with Gasteiger partial charge in [0.05, 0.1) is 24.7 Å². The number of fused-ring (bicyclic) bond motifs is 2. The van der Waals surface area contributed by atoms with E-state index in [0.717, 1.165) is 5.56 Å². The van der Waals surface area contributed by atoms with Crippen molar-refractivity contribution in [2.24, 2.45) is 0 Å². The number of aromatic nitrogens is 1. The number of hydrogen-bond acceptors (Lipinski definition) is 7. The number of anilines is 1. The summed E-state index contributed by atoms with van der Waals surface area (Å²) < 4.78 is 5.20. The van der Waals surface area contributed by atoms with E-state index < -0.39 is 17.5 Å². The van der Waals surface area contributed by atoms with Gasteiger partial charge < -0.3 is 20.7 Å². The van der Waals surface area contributed by atoms with Crippen molar-refractivity contribution >= 4 is 34.6 Å². The summed E-state index contributed by atoms with van der Waals surface area (Å²) in [7, 11) is 1.51. The van der Waals surface area contributed by atoms with Crippen molar-refractivity contribution in [3.63, 3.8) is 0 Å². The van der Waals surface area contributed by atoms with Gasteiger partial charge in [-0.25, -0.2) is 9.78 Å². The first-order valence-electron chi connectivity index (χ1n) is 10.6. The summed E-state index contributed by atoms with van der Waals surface area (Å²) in [5.41, 5.74) is 6.77. The number of nitrogen functional groups attached to an aromatic ring is 1. The number of carbonyl (C=O) groups is 3. The van der Waals surface area contributed by atoms with Crippen LogP contribution in [0.5, 0.6) is 5.75 Å². The van der Waals surface area contributed by atoms with Crippen molar-refractivity contribution in [3.8, 4) is 23.7 Å². The fraction of sp³-hybridized carbons (Fsp3) is 0.160. The van der Waals surface area contributed by atoms with E-state index in [1.54, 1.807) is 42.5 Å². The topological polar surface area (TPSA) is 150 Å². The molecule has 1 aromatic heterocycles. The molecule has 0 aliphatic carbocycles. The monoisotopic (exact) mass is 466 g/mol. The number of methoxy groups -OCH3 is 1. The molecule has 2 aliphatic heterocycles. The van der Waals surface area contributed by atoms with Crippen LogP contribution in [-0.4, -0.2) is 46.9 Å². The molecule has 0 bridgehead atoms. The number of benzene rings is 2. The zero-order chi connectivity index (χ0) is 24.7. The van der Waals surface area contributed by atoms with Crippen LogP contribution in [0.1, 0.15) is 27.0 Å². The molecule has 10 nitrogen and oxygen atoms in total. The molecule has 0 radical (unpaired) electrons. The highest BCUT2D eigenvalue weighted by Crippen LogP contribution is 2.28. The maximum Gasteiger partial charge on any atom is 0.323 e. The number of carbonyl (C=O) groups excluding carboxylic acids is 3. The molecule has 4 N–H and O–H groups in total. The minimum absolute atomic E-state index is 0.136. The van der Waals surface area contributed by atoms with E-state index in [-0.39, 0.29) is 30.4 Å². The van der Waals surface area contributed by atoms with Gasteiger partial charge in [0, 0.05) is 23.1 Å². The number of ether oxygens (including phenoxy) is 1. The molecular weight excluding hydrogens is 448 g/mol. The smallest absolute Gasteiger partial charge is 0.323 e. The van der Waals surface area contributed by atoms with Crippen LogP contribution in [0.4, 0.5) is 10.6 Å². The lowest BCUT2D eigenvalue weighted by molar-refractivity contribution is -0.122. The number of nitriles is 1. The Labute approximate surface area is 199 Å². The lowest BCUT2D eigenvalue weighted by Gasteiger charge is -2.26. The predicted molar refractivity (Wildman–Crippen MR) is 125 cm³/mol. The number of urea groups is 1. The average Bonchev–Trinajstić information content (AvgIpc) is 3.31. The standard InChI is InChI=1S/C25H18N6O4/c1-35-18-4-3-15-12-31(22(32)19(15)10-18)13-25(23(33)29-24(34)30-25)7-6-14-2-5-20-16(8-14)9-17(11-26)21(27)28-20/h2-5,8-10H,12-13H2,1H3,(H2,27,28)(H2,29,30,33,34)/t25-/m1/s1. The van der Waals surface area contributed by atoms with Crippen molar-refractivity contribution in [1.29, 1.82) is 5.26 Å². The molecule has 35 heavy (non-hydrogen) atoms. The SMILES string of the molecule is COc1ccc2c(c1)C(=O)N(C[C@@]1(C#Cc3ccc4nc(N)c(C#N)cc4c3)NC(=O)NC1=O)C2. The summed E-state index contributed by atoms with van der Waals surface area (Å²) in [6, 6.07) is 13.2. The lowest BCUT2D eigenvalue weighted by Crippen LogP contribution is -2.54. The van der Waals surface area contributed by atoms with Crippen molar-refractivity contribution in [2.45, 2.75) is 12.1 Å². The molecule has 172 valence electrons. The molecule has 2 aromatic carbocycles. The van der Waals surface area contributed by atoms with Crippen LogP contribution >= 0.6 is 0 Å². The van der Waals surface area contributed by atoms with Gasteiger partial charge in [0.1, 0.15) is 17.6 Å². The Balaban J connectivity index is 1.48. The number of nitrogens with one attached hydrogen (secondary N) is 2. The highest BCUT2D eigenvalue weighted by molar-refractivity contribution is 6.10. The average molecular weight is 466 g/mol. The second-order valence-electron chi connectivity index (χ2n) is 8.19. The van der Waals surface area contributed by atoms with Crippen LogP contribution in [0.15, 0.2) is 42.5 Å². The van der Waals surface area contributed by atoms with E-state index in [1.165, 1.54) is 12.0 Å². The Morgan fingerprint density at radius 2 is 2.03 bits per heavy atom. The van der Waals surface area contributed by atoms with Crippen LogP contribution in [0.2, 0.25) is 0 Å². The Hall–Kier alpha value is -5.09. The largest absolute Gasteiger partial charge is 0.497 e. The zero-order valence-corrected chi connectivity index (χ0v) is 18.5. The Morgan fingerprint density at radius 3 is 2.74 bits per heavy atom. The van der Waals surface area contributed by atoms with Crippen LogP contribution < -0.4 is 21.1 Å². The Morgan fingerprint density at radius 1 is 1.20 bits per heavy atom. The molecule has 5 rings (SSSR count). The number of nitrogens with zero attached hydrogens (tertiary/aromatic N) is 3. The maximum absolute atomic E-state index is 13.0. The first kappa shape index (κ1) is 21.7. The second kappa shape index (κ2) is 8.04. The molecule has 0 unspecified atom stereocenters. The van der Waals surface area contributed by atoms with E-state index in [4.69, 9.17) is 10.5 Å². The molecule has 1 fully saturated rings. The van der Waals surface area contributed by atoms with Crippen LogP contribution in [0, 0.1) is 23.2 Å². The van der Waals surface area contributed by atoms with E-state index in [1.807, 2.05) is 6.07 Å². The quantitative estimate of drug-likeness (QED) is 0.389. The molecule has 1 saturated heterocycles. The zero-order valence-electron chi connectivity index (χ0n) is 18.5. The van der Waals surface area contributed by atoms with Gasteiger partial charge in [-0.2, -0.15) is 5.26 Å². The third-order valence-corrected chi connectivity index (χ3v) is 5.95. The van der Waals surface area contributed by atoms with Crippen LogP contribution in [0.25, 0.3) is 10.9 Å². The molecular formula is C25H18N6O4. The van der Waals surface area contributed by atoms with E-state index in [9.17, 15) is 19.6 Å². The van der Waals surface area contributed by atoms with Gasteiger partial charge in [-0.15, -0.1) is 0 Å². The van der Waals surface area contributed by atoms with Gasteiger partial charge >= 0.3 is 6.03 Å². The molecule has 0 saturated carbocycles. The molecule has 3 heterocycles. The number of amides is 4. The van der Waals surface area contributed by atoms with Gasteiger partial charge in [-0.1, -0.05) is 17.9 Å². The minimum atomic E-state index is -1.63. The normalized spacial score (nSPS) is 18.4. The summed E-state index contributed by atoms with van der Waals surface area (Å²) in [5, 5.41) is 14.7. The molecule has 3 aromatic rings. The van der Waals surface area contributed by atoms with Crippen molar-refractivity contribution in [1.82, 2.24) is 20.5 Å². The second-order valence-corrected chi connectivity index (χ2v) is 8.19. The fourth-order valence-electron chi connectivity index (χ4n) is 4.15. The first-order valence-corrected chi connectivity index (χ1v) is 10.6. The molecule has 0 spiro atoms. The van der Waals surface area contributed by atoms with E-state index in [2.05, 4.69) is 27.5 Å². The molecule has 2 aliphatic rings. The number of nitrogens with two attached hydrogens (primary N) is 1. The van der Waals surface area contributed by atoms with Crippen molar-refractivity contribution in [2.75, 3.05) is 19.4 Å². The van der Waals surface area contributed by atoms with E-state index in [0.29, 0.717) is 27.8 Å². The van der Waals surface area contributed by atoms with E-state index >= 15 is 0 Å². The van der Waals surface area contributed by atoms with Gasteiger partial charge in [0.25, 0.3) is 11.8 Å². The number of imide groups is 1. The predicted octanol–water partition coefficient (Wildman–Crippen LogP) is 1.28. The summed E-state index contributed by atoms with van der Waals surface area (Å²) in [5.74, 6) is 5.56. The fourth-order valence-corrected chi connectivity index (χ4v) is 4.15. The van der Waals surface area contributed by atoms with Gasteiger partial charge in [0.2, 0.25) is 5.54 Å². The maximum atomic E-state index is 13.0. The summed E-state index contributed by atoms with van der Waals surface area (Å²) in [6.45, 7) is 0.127. The number of hydrogen-bond donors (Lipinski definition) is 3. The lowest BCUT2D eigenvalue weighted by atomic mass is 9.98. The molecule has 1 atom stereocenters.